The van der Waals surface area contributed by atoms with Crippen LogP contribution in [0.25, 0.3) is 5.69 Å². The van der Waals surface area contributed by atoms with Gasteiger partial charge in [-0.2, -0.15) is 13.2 Å². The van der Waals surface area contributed by atoms with E-state index in [0.717, 1.165) is 11.6 Å². The van der Waals surface area contributed by atoms with Crippen LogP contribution in [-0.2, 0) is 6.18 Å². The number of benzene rings is 1. The molecule has 0 atom stereocenters. The fourth-order valence-corrected chi connectivity index (χ4v) is 1.90. The van der Waals surface area contributed by atoms with E-state index in [9.17, 15) is 13.2 Å². The Morgan fingerprint density at radius 3 is 2.44 bits per heavy atom. The zero-order valence-corrected chi connectivity index (χ0v) is 10.7. The lowest BCUT2D eigenvalue weighted by atomic mass is 10.2. The van der Waals surface area contributed by atoms with Crippen molar-refractivity contribution < 1.29 is 13.2 Å². The van der Waals surface area contributed by atoms with Crippen LogP contribution in [0.3, 0.4) is 0 Å². The van der Waals surface area contributed by atoms with Crippen LogP contribution in [0.1, 0.15) is 11.3 Å². The molecule has 0 saturated carbocycles. The molecule has 0 fully saturated rings. The molecule has 0 amide bonds. The number of aromatic amines is 1. The quantitative estimate of drug-likeness (QED) is 0.767. The van der Waals surface area contributed by atoms with Gasteiger partial charge in [-0.05, 0) is 24.6 Å². The van der Waals surface area contributed by atoms with Crippen LogP contribution in [0.15, 0.2) is 24.3 Å². The molecule has 0 saturated heterocycles. The highest BCUT2D eigenvalue weighted by Crippen LogP contribution is 2.29. The zero-order chi connectivity index (χ0) is 13.5. The second-order valence-electron chi connectivity index (χ2n) is 3.77. The monoisotopic (exact) mass is 292 g/mol. The summed E-state index contributed by atoms with van der Waals surface area (Å²) in [4.78, 5) is 0. The first-order valence-electron chi connectivity index (χ1n) is 4.95. The first-order valence-corrected chi connectivity index (χ1v) is 5.73. The molecule has 2 aromatic rings. The van der Waals surface area contributed by atoms with Crippen LogP contribution in [0.5, 0.6) is 0 Å². The Labute approximate surface area is 111 Å². The molecule has 18 heavy (non-hydrogen) atoms. The second kappa shape index (κ2) is 4.44. The third kappa shape index (κ3) is 2.44. The fourth-order valence-electron chi connectivity index (χ4n) is 1.45. The van der Waals surface area contributed by atoms with E-state index in [-0.39, 0.29) is 4.64 Å². The highest BCUT2D eigenvalue weighted by molar-refractivity contribution is 7.71. The molecular weight excluding hydrogens is 285 g/mol. The summed E-state index contributed by atoms with van der Waals surface area (Å²) in [5.41, 5.74) is 0.421. The number of alkyl halides is 3. The van der Waals surface area contributed by atoms with E-state index in [4.69, 9.17) is 23.8 Å². The van der Waals surface area contributed by atoms with Crippen molar-refractivity contribution in [3.63, 3.8) is 0 Å². The number of H-pyrrole nitrogens is 1. The molecule has 0 aliphatic carbocycles. The maximum atomic E-state index is 12.5. The highest BCUT2D eigenvalue weighted by atomic mass is 35.5. The minimum atomic E-state index is -4.45. The normalized spacial score (nSPS) is 11.8. The van der Waals surface area contributed by atoms with Crippen LogP contribution >= 0.6 is 23.8 Å². The van der Waals surface area contributed by atoms with Crippen LogP contribution in [0.2, 0.25) is 5.02 Å². The number of hydrogen-bond acceptors (Lipinski definition) is 1. The number of rotatable bonds is 1. The first-order chi connectivity index (χ1) is 8.29. The summed E-state index contributed by atoms with van der Waals surface area (Å²) in [6, 6.07) is 5.80. The van der Waals surface area contributed by atoms with Gasteiger partial charge in [-0.1, -0.05) is 29.9 Å². The molecule has 0 aliphatic rings. The molecular formula is C11H8ClF3N2S. The van der Waals surface area contributed by atoms with Crippen LogP contribution in [0, 0.1) is 11.6 Å². The molecule has 1 aromatic carbocycles. The van der Waals surface area contributed by atoms with Crippen molar-refractivity contribution >= 4 is 23.8 Å². The summed E-state index contributed by atoms with van der Waals surface area (Å²) in [6.07, 6.45) is -4.45. The molecule has 0 spiro atoms. The maximum Gasteiger partial charge on any atom is 0.432 e. The highest BCUT2D eigenvalue weighted by Gasteiger charge is 2.33. The molecule has 1 aromatic heterocycles. The van der Waals surface area contributed by atoms with Gasteiger partial charge < -0.3 is 0 Å². The summed E-state index contributed by atoms with van der Waals surface area (Å²) in [5.74, 6) is 0. The second-order valence-corrected chi connectivity index (χ2v) is 4.60. The average Bonchev–Trinajstić information content (AvgIpc) is 2.64. The van der Waals surface area contributed by atoms with E-state index < -0.39 is 11.9 Å². The van der Waals surface area contributed by atoms with E-state index in [0.29, 0.717) is 10.7 Å². The molecule has 0 unspecified atom stereocenters. The Morgan fingerprint density at radius 1 is 1.28 bits per heavy atom. The molecule has 7 heteroatoms. The van der Waals surface area contributed by atoms with E-state index >= 15 is 0 Å². The van der Waals surface area contributed by atoms with Gasteiger partial charge in [0.25, 0.3) is 0 Å². The topological polar surface area (TPSA) is 20.7 Å². The van der Waals surface area contributed by atoms with Gasteiger partial charge in [0, 0.05) is 11.1 Å². The lowest BCUT2D eigenvalue weighted by molar-refractivity contribution is -0.141. The fraction of sp³-hybridized carbons (Fsp3) is 0.182. The molecule has 0 aliphatic heterocycles. The summed E-state index contributed by atoms with van der Waals surface area (Å²) >= 11 is 10.8. The Morgan fingerprint density at radius 2 is 1.94 bits per heavy atom. The van der Waals surface area contributed by atoms with E-state index in [1.807, 2.05) is 0 Å². The van der Waals surface area contributed by atoms with Gasteiger partial charge in [0.15, 0.2) is 0 Å². The Kier molecular flexibility index (Phi) is 3.25. The molecule has 0 bridgehead atoms. The van der Waals surface area contributed by atoms with Crippen LogP contribution in [-0.4, -0.2) is 9.78 Å². The molecule has 2 rings (SSSR count). The van der Waals surface area contributed by atoms with Gasteiger partial charge in [0.1, 0.15) is 10.3 Å². The third-order valence-electron chi connectivity index (χ3n) is 2.44. The maximum absolute atomic E-state index is 12.5. The number of aryl methyl sites for hydroxylation is 1. The first kappa shape index (κ1) is 13.2. The van der Waals surface area contributed by atoms with Gasteiger partial charge >= 0.3 is 6.18 Å². The van der Waals surface area contributed by atoms with E-state index in [1.54, 1.807) is 25.1 Å². The zero-order valence-electron chi connectivity index (χ0n) is 9.18. The lowest BCUT2D eigenvalue weighted by Gasteiger charge is -2.06. The molecule has 1 heterocycles. The lowest BCUT2D eigenvalue weighted by Crippen LogP contribution is -2.07. The molecule has 0 radical (unpaired) electrons. The average molecular weight is 293 g/mol. The van der Waals surface area contributed by atoms with Gasteiger partial charge in [-0.15, -0.1) is 0 Å². The van der Waals surface area contributed by atoms with Crippen molar-refractivity contribution in [3.8, 4) is 5.69 Å². The van der Waals surface area contributed by atoms with Gasteiger partial charge in [0.05, 0.1) is 5.69 Å². The van der Waals surface area contributed by atoms with Crippen molar-refractivity contribution in [3.05, 3.63) is 45.2 Å². The van der Waals surface area contributed by atoms with E-state index in [2.05, 4.69) is 5.10 Å². The summed E-state index contributed by atoms with van der Waals surface area (Å²) in [5, 5.41) is 2.68. The molecule has 2 nitrogen and oxygen atoms in total. The Balaban J connectivity index is 2.55. The molecule has 1 N–H and O–H groups in total. The largest absolute Gasteiger partial charge is 0.432 e. The predicted octanol–water partition coefficient (Wildman–Crippen LogP) is 4.52. The Hall–Kier alpha value is -1.27. The van der Waals surface area contributed by atoms with Crippen LogP contribution < -0.4 is 0 Å². The summed E-state index contributed by atoms with van der Waals surface area (Å²) in [6.45, 7) is 1.81. The van der Waals surface area contributed by atoms with Crippen molar-refractivity contribution in [2.75, 3.05) is 0 Å². The number of aromatic nitrogens is 2. The van der Waals surface area contributed by atoms with Gasteiger partial charge in [0.2, 0.25) is 0 Å². The third-order valence-corrected chi connectivity index (χ3v) is 3.15. The number of nitrogens with zero attached hydrogens (tertiary/aromatic N) is 1. The number of nitrogens with one attached hydrogen (secondary N) is 1. The number of hydrogen-bond donors (Lipinski definition) is 1. The van der Waals surface area contributed by atoms with Crippen molar-refractivity contribution in [2.45, 2.75) is 13.1 Å². The van der Waals surface area contributed by atoms with Crippen molar-refractivity contribution in [1.82, 2.24) is 9.78 Å². The minimum Gasteiger partial charge on any atom is -0.288 e. The predicted molar refractivity (Wildman–Crippen MR) is 65.7 cm³/mol. The smallest absolute Gasteiger partial charge is 0.288 e. The van der Waals surface area contributed by atoms with Crippen molar-refractivity contribution in [2.24, 2.45) is 0 Å². The van der Waals surface area contributed by atoms with Gasteiger partial charge in [-0.25, -0.2) is 4.68 Å². The summed E-state index contributed by atoms with van der Waals surface area (Å²) in [7, 11) is 0. The molecule has 96 valence electrons. The SMILES string of the molecule is Cc1ccc(-n2[nH]c(C(F)(F)F)cc2=S)cc1Cl. The summed E-state index contributed by atoms with van der Waals surface area (Å²) < 4.78 is 38.8. The van der Waals surface area contributed by atoms with Crippen molar-refractivity contribution in [1.29, 1.82) is 0 Å². The minimum absolute atomic E-state index is 0.0437. The number of halogens is 4. The van der Waals surface area contributed by atoms with Crippen LogP contribution in [0.4, 0.5) is 13.2 Å². The van der Waals surface area contributed by atoms with Gasteiger partial charge in [-0.3, -0.25) is 5.10 Å². The van der Waals surface area contributed by atoms with E-state index in [1.165, 1.54) is 4.68 Å². The Bertz CT molecular complexity index is 642. The standard InChI is InChI=1S/C11H8ClF3N2S/c1-6-2-3-7(4-8(6)12)17-10(18)5-9(16-17)11(13,14)15/h2-5,16H,1H3.